The van der Waals surface area contributed by atoms with Crippen LogP contribution in [0.2, 0.25) is 0 Å². The maximum Gasteiger partial charge on any atom is 0.161 e. The van der Waals surface area contributed by atoms with Crippen molar-refractivity contribution in [3.63, 3.8) is 0 Å². The van der Waals surface area contributed by atoms with Crippen molar-refractivity contribution in [2.45, 2.75) is 20.3 Å². The van der Waals surface area contributed by atoms with E-state index in [0.29, 0.717) is 18.8 Å². The van der Waals surface area contributed by atoms with E-state index in [-0.39, 0.29) is 5.75 Å². The van der Waals surface area contributed by atoms with Gasteiger partial charge in [0.05, 0.1) is 18.1 Å². The second-order valence-electron chi connectivity index (χ2n) is 5.26. The highest BCUT2D eigenvalue weighted by atomic mass is 16.5. The minimum absolute atomic E-state index is 0.133. The number of phenolic OH excluding ortho intramolecular Hbond substituents is 1. The van der Waals surface area contributed by atoms with Crippen LogP contribution >= 0.6 is 0 Å². The minimum Gasteiger partial charge on any atom is -0.504 e. The van der Waals surface area contributed by atoms with Gasteiger partial charge in [0.1, 0.15) is 0 Å². The molecule has 98 valence electrons. The number of aromatic hydroxyl groups is 1. The van der Waals surface area contributed by atoms with Crippen LogP contribution in [0.5, 0.6) is 11.5 Å². The third-order valence-corrected chi connectivity index (χ3v) is 3.11. The zero-order valence-electron chi connectivity index (χ0n) is 11.2. The smallest absolute Gasteiger partial charge is 0.161 e. The Morgan fingerprint density at radius 2 is 1.84 bits per heavy atom. The lowest BCUT2D eigenvalue weighted by molar-refractivity contribution is 0.255. The van der Waals surface area contributed by atoms with Crippen LogP contribution in [0.1, 0.15) is 20.3 Å². The predicted molar refractivity (Wildman–Crippen MR) is 75.1 cm³/mol. The molecule has 0 spiro atoms. The molecule has 3 nitrogen and oxygen atoms in total. The van der Waals surface area contributed by atoms with Gasteiger partial charge in [-0.2, -0.15) is 5.26 Å². The van der Waals surface area contributed by atoms with Gasteiger partial charge in [-0.3, -0.25) is 0 Å². The first-order valence-electron chi connectivity index (χ1n) is 6.28. The first kappa shape index (κ1) is 13.2. The normalized spacial score (nSPS) is 11.2. The molecular weight excluding hydrogens is 238 g/mol. The summed E-state index contributed by atoms with van der Waals surface area (Å²) in [6.45, 7) is 4.15. The first-order valence-corrected chi connectivity index (χ1v) is 6.28. The Kier molecular flexibility index (Phi) is 3.62. The molecule has 0 heterocycles. The number of rotatable bonds is 4. The lowest BCUT2D eigenvalue weighted by Gasteiger charge is -2.16. The summed E-state index contributed by atoms with van der Waals surface area (Å²) >= 11 is 0. The van der Waals surface area contributed by atoms with E-state index < -0.39 is 5.41 Å². The molecule has 2 rings (SSSR count). The molecule has 0 saturated heterocycles. The van der Waals surface area contributed by atoms with Gasteiger partial charge in [0.15, 0.2) is 11.5 Å². The van der Waals surface area contributed by atoms with Gasteiger partial charge < -0.3 is 9.84 Å². The molecule has 19 heavy (non-hydrogen) atoms. The third kappa shape index (κ3) is 3.17. The van der Waals surface area contributed by atoms with Gasteiger partial charge in [-0.1, -0.05) is 24.3 Å². The maximum atomic E-state index is 9.91. The number of nitrogens with zero attached hydrogens (tertiary/aromatic N) is 1. The molecular formula is C16H17NO2. The summed E-state index contributed by atoms with van der Waals surface area (Å²) in [6, 6.07) is 13.5. The summed E-state index contributed by atoms with van der Waals surface area (Å²) in [7, 11) is 0. The molecule has 0 atom stereocenters. The van der Waals surface area contributed by atoms with E-state index in [9.17, 15) is 5.11 Å². The zero-order chi connectivity index (χ0) is 13.9. The van der Waals surface area contributed by atoms with Crippen molar-refractivity contribution in [1.82, 2.24) is 0 Å². The molecule has 0 unspecified atom stereocenters. The van der Waals surface area contributed by atoms with Crippen molar-refractivity contribution in [1.29, 1.82) is 5.26 Å². The Morgan fingerprint density at radius 3 is 2.47 bits per heavy atom. The van der Waals surface area contributed by atoms with E-state index >= 15 is 0 Å². The van der Waals surface area contributed by atoms with Crippen LogP contribution in [0.3, 0.4) is 0 Å². The monoisotopic (exact) mass is 255 g/mol. The van der Waals surface area contributed by atoms with Crippen molar-refractivity contribution < 1.29 is 9.84 Å². The first-order chi connectivity index (χ1) is 9.02. The van der Waals surface area contributed by atoms with E-state index in [1.165, 1.54) is 0 Å². The number of fused-ring (bicyclic) bond motifs is 1. The quantitative estimate of drug-likeness (QED) is 0.902. The topological polar surface area (TPSA) is 53.2 Å². The van der Waals surface area contributed by atoms with E-state index in [2.05, 4.69) is 6.07 Å². The molecule has 3 heteroatoms. The molecule has 2 aromatic rings. The van der Waals surface area contributed by atoms with Crippen molar-refractivity contribution in [2.75, 3.05) is 6.61 Å². The molecule has 0 amide bonds. The molecule has 0 fully saturated rings. The summed E-state index contributed by atoms with van der Waals surface area (Å²) in [6.07, 6.45) is 0.621. The second kappa shape index (κ2) is 5.19. The average molecular weight is 255 g/mol. The lowest BCUT2D eigenvalue weighted by Crippen LogP contribution is -2.13. The lowest BCUT2D eigenvalue weighted by atomic mass is 9.92. The zero-order valence-corrected chi connectivity index (χ0v) is 11.2. The van der Waals surface area contributed by atoms with Crippen LogP contribution in [0.15, 0.2) is 36.4 Å². The maximum absolute atomic E-state index is 9.91. The molecule has 1 N–H and O–H groups in total. The van der Waals surface area contributed by atoms with Gasteiger partial charge in [-0.25, -0.2) is 0 Å². The minimum atomic E-state index is -0.410. The van der Waals surface area contributed by atoms with Gasteiger partial charge in [-0.05, 0) is 43.2 Å². The number of hydrogen-bond donors (Lipinski definition) is 1. The van der Waals surface area contributed by atoms with Crippen LogP contribution in [0, 0.1) is 16.7 Å². The summed E-state index contributed by atoms with van der Waals surface area (Å²) in [5.74, 6) is 0.598. The summed E-state index contributed by atoms with van der Waals surface area (Å²) in [5.41, 5.74) is -0.410. The van der Waals surface area contributed by atoms with Crippen molar-refractivity contribution in [3.05, 3.63) is 36.4 Å². The third-order valence-electron chi connectivity index (χ3n) is 3.11. The van der Waals surface area contributed by atoms with Crippen LogP contribution in [0.4, 0.5) is 0 Å². The Morgan fingerprint density at radius 1 is 1.21 bits per heavy atom. The van der Waals surface area contributed by atoms with Crippen LogP contribution < -0.4 is 4.74 Å². The highest BCUT2D eigenvalue weighted by Crippen LogP contribution is 2.32. The molecule has 2 aromatic carbocycles. The Labute approximate surface area is 113 Å². The van der Waals surface area contributed by atoms with Crippen molar-refractivity contribution >= 4 is 10.8 Å². The fourth-order valence-corrected chi connectivity index (χ4v) is 1.80. The largest absolute Gasteiger partial charge is 0.504 e. The van der Waals surface area contributed by atoms with Crippen LogP contribution in [-0.4, -0.2) is 11.7 Å². The van der Waals surface area contributed by atoms with E-state index in [4.69, 9.17) is 10.00 Å². The van der Waals surface area contributed by atoms with Crippen LogP contribution in [-0.2, 0) is 0 Å². The molecule has 0 radical (unpaired) electrons. The average Bonchev–Trinajstić information content (AvgIpc) is 2.39. The Balaban J connectivity index is 2.13. The molecule has 0 aliphatic rings. The van der Waals surface area contributed by atoms with E-state index in [0.717, 1.165) is 10.8 Å². The van der Waals surface area contributed by atoms with Gasteiger partial charge in [0.2, 0.25) is 0 Å². The number of hydrogen-bond acceptors (Lipinski definition) is 3. The fourth-order valence-electron chi connectivity index (χ4n) is 1.80. The Hall–Kier alpha value is -2.21. The van der Waals surface area contributed by atoms with E-state index in [1.807, 2.05) is 44.2 Å². The van der Waals surface area contributed by atoms with E-state index in [1.54, 1.807) is 6.07 Å². The summed E-state index contributed by atoms with van der Waals surface area (Å²) < 4.78 is 5.58. The Bertz CT molecular complexity index is 626. The standard InChI is InChI=1S/C16H17NO2/c1-16(2,11-17)7-8-19-15-10-13-6-4-3-5-12(13)9-14(15)18/h3-6,9-10,18H,7-8H2,1-2H3. The second-order valence-corrected chi connectivity index (χ2v) is 5.26. The van der Waals surface area contributed by atoms with Crippen molar-refractivity contribution in [3.8, 4) is 17.6 Å². The molecule has 0 aromatic heterocycles. The molecule has 0 saturated carbocycles. The van der Waals surface area contributed by atoms with Gasteiger partial charge in [-0.15, -0.1) is 0 Å². The number of benzene rings is 2. The van der Waals surface area contributed by atoms with Crippen molar-refractivity contribution in [2.24, 2.45) is 5.41 Å². The van der Waals surface area contributed by atoms with Gasteiger partial charge in [0.25, 0.3) is 0 Å². The van der Waals surface area contributed by atoms with Crippen LogP contribution in [0.25, 0.3) is 10.8 Å². The number of phenols is 1. The molecule has 0 bridgehead atoms. The summed E-state index contributed by atoms with van der Waals surface area (Å²) in [4.78, 5) is 0. The van der Waals surface area contributed by atoms with Gasteiger partial charge >= 0.3 is 0 Å². The fraction of sp³-hybridized carbons (Fsp3) is 0.312. The summed E-state index contributed by atoms with van der Waals surface area (Å²) in [5, 5.41) is 20.8. The highest BCUT2D eigenvalue weighted by molar-refractivity contribution is 5.85. The highest BCUT2D eigenvalue weighted by Gasteiger charge is 2.16. The molecule has 0 aliphatic heterocycles. The van der Waals surface area contributed by atoms with Gasteiger partial charge in [0, 0.05) is 0 Å². The number of nitriles is 1. The number of ether oxygens (including phenoxy) is 1. The predicted octanol–water partition coefficient (Wildman–Crippen LogP) is 3.86. The molecule has 0 aliphatic carbocycles. The SMILES string of the molecule is CC(C)(C#N)CCOc1cc2ccccc2cc1O.